The van der Waals surface area contributed by atoms with Gasteiger partial charge in [0.05, 0.1) is 41.5 Å². The van der Waals surface area contributed by atoms with E-state index in [-0.39, 0.29) is 23.6 Å². The van der Waals surface area contributed by atoms with Gasteiger partial charge in [-0.1, -0.05) is 6.07 Å². The van der Waals surface area contributed by atoms with Gasteiger partial charge in [-0.05, 0) is 26.0 Å². The zero-order valence-electron chi connectivity index (χ0n) is 14.8. The quantitative estimate of drug-likeness (QED) is 0.694. The van der Waals surface area contributed by atoms with Crippen molar-refractivity contribution in [1.82, 2.24) is 14.4 Å². The average molecular weight is 363 g/mol. The van der Waals surface area contributed by atoms with Gasteiger partial charge >= 0.3 is 5.97 Å². The molecule has 136 valence electrons. The molecule has 0 aliphatic carbocycles. The molecule has 3 heterocycles. The molecule has 3 aromatic rings. The van der Waals surface area contributed by atoms with E-state index in [9.17, 15) is 14.9 Å². The van der Waals surface area contributed by atoms with Gasteiger partial charge in [-0.2, -0.15) is 5.26 Å². The van der Waals surface area contributed by atoms with Crippen LogP contribution in [0.3, 0.4) is 0 Å². The molecule has 0 spiro atoms. The van der Waals surface area contributed by atoms with Gasteiger partial charge in [-0.3, -0.25) is 19.2 Å². The summed E-state index contributed by atoms with van der Waals surface area (Å²) in [5.74, 6) is -0.864. The zero-order chi connectivity index (χ0) is 19.6. The van der Waals surface area contributed by atoms with Crippen LogP contribution in [0, 0.1) is 18.3 Å². The molecule has 0 bridgehead atoms. The number of nitriles is 1. The Kier molecular flexibility index (Phi) is 4.60. The van der Waals surface area contributed by atoms with E-state index in [1.54, 1.807) is 38.2 Å². The maximum Gasteiger partial charge on any atom is 0.337 e. The molecule has 0 aliphatic heterocycles. The first-order chi connectivity index (χ1) is 13.0. The first-order valence-corrected chi connectivity index (χ1v) is 8.23. The number of fused-ring (bicyclic) bond motifs is 1. The van der Waals surface area contributed by atoms with Crippen molar-refractivity contribution in [3.05, 3.63) is 70.2 Å². The van der Waals surface area contributed by atoms with Crippen LogP contribution in [0.5, 0.6) is 0 Å². The minimum Gasteiger partial charge on any atom is -0.464 e. The number of rotatable bonds is 4. The highest BCUT2D eigenvalue weighted by molar-refractivity contribution is 5.94. The van der Waals surface area contributed by atoms with E-state index >= 15 is 0 Å². The SMILES string of the molecule is CCOC(=O)C(C#N)(c1cnc(C)cn1)c1cc(=O)n2ccccc2c1N. The summed E-state index contributed by atoms with van der Waals surface area (Å²) in [6.07, 6.45) is 4.31. The number of hydrogen-bond donors (Lipinski definition) is 1. The molecule has 0 radical (unpaired) electrons. The molecule has 3 rings (SSSR count). The molecule has 1 atom stereocenters. The number of nitrogens with two attached hydrogens (primary N) is 1. The van der Waals surface area contributed by atoms with Gasteiger partial charge in [0.2, 0.25) is 5.41 Å². The Balaban J connectivity index is 2.42. The summed E-state index contributed by atoms with van der Waals surface area (Å²) in [4.78, 5) is 33.8. The highest BCUT2D eigenvalue weighted by Crippen LogP contribution is 2.36. The van der Waals surface area contributed by atoms with Crippen molar-refractivity contribution in [2.75, 3.05) is 12.3 Å². The van der Waals surface area contributed by atoms with Crippen molar-refractivity contribution in [3.63, 3.8) is 0 Å². The van der Waals surface area contributed by atoms with Crippen molar-refractivity contribution < 1.29 is 9.53 Å². The van der Waals surface area contributed by atoms with Gasteiger partial charge in [0.1, 0.15) is 0 Å². The van der Waals surface area contributed by atoms with Gasteiger partial charge in [-0.25, -0.2) is 4.79 Å². The standard InChI is InChI=1S/C19H17N5O3/c1-3-27-18(26)19(11-20,15-10-22-12(2)9-23-15)13-8-16(25)24-7-5-4-6-14(24)17(13)21/h4-10H,3,21H2,1-2H3. The molecule has 8 heteroatoms. The minimum absolute atomic E-state index is 0.0257. The van der Waals surface area contributed by atoms with E-state index in [1.807, 2.05) is 6.07 Å². The van der Waals surface area contributed by atoms with Crippen molar-refractivity contribution in [2.45, 2.75) is 19.3 Å². The van der Waals surface area contributed by atoms with Crippen molar-refractivity contribution in [2.24, 2.45) is 0 Å². The van der Waals surface area contributed by atoms with Crippen LogP contribution in [0.15, 0.2) is 47.7 Å². The number of anilines is 1. The second-order valence-corrected chi connectivity index (χ2v) is 5.89. The largest absolute Gasteiger partial charge is 0.464 e. The molecule has 0 aliphatic rings. The molecule has 0 saturated heterocycles. The summed E-state index contributed by atoms with van der Waals surface area (Å²) in [6.45, 7) is 3.40. The summed E-state index contributed by atoms with van der Waals surface area (Å²) >= 11 is 0. The molecule has 0 saturated carbocycles. The number of ether oxygens (including phenoxy) is 1. The maximum absolute atomic E-state index is 12.9. The van der Waals surface area contributed by atoms with Gasteiger partial charge < -0.3 is 10.5 Å². The van der Waals surface area contributed by atoms with Crippen molar-refractivity contribution >= 4 is 17.2 Å². The normalized spacial score (nSPS) is 12.9. The van der Waals surface area contributed by atoms with E-state index in [0.29, 0.717) is 11.2 Å². The Labute approximate surface area is 154 Å². The van der Waals surface area contributed by atoms with Crippen molar-refractivity contribution in [3.8, 4) is 6.07 Å². The van der Waals surface area contributed by atoms with Crippen LogP contribution >= 0.6 is 0 Å². The monoisotopic (exact) mass is 363 g/mol. The summed E-state index contributed by atoms with van der Waals surface area (Å²) in [5, 5.41) is 10.1. The van der Waals surface area contributed by atoms with Gasteiger partial charge in [0, 0.05) is 24.0 Å². The van der Waals surface area contributed by atoms with Crippen LogP contribution in [0.4, 0.5) is 5.69 Å². The van der Waals surface area contributed by atoms with Crippen LogP contribution < -0.4 is 11.3 Å². The summed E-state index contributed by atoms with van der Waals surface area (Å²) in [7, 11) is 0. The third-order valence-corrected chi connectivity index (χ3v) is 4.25. The predicted octanol–water partition coefficient (Wildman–Crippen LogP) is 1.35. The fraction of sp³-hybridized carbons (Fsp3) is 0.211. The molecule has 2 N–H and O–H groups in total. The topological polar surface area (TPSA) is 123 Å². The summed E-state index contributed by atoms with van der Waals surface area (Å²) in [5.41, 5.74) is 5.02. The Morgan fingerprint density at radius 1 is 1.37 bits per heavy atom. The molecule has 3 aromatic heterocycles. The number of esters is 1. The Bertz CT molecular complexity index is 1110. The molecule has 0 aromatic carbocycles. The number of hydrogen-bond acceptors (Lipinski definition) is 7. The zero-order valence-corrected chi connectivity index (χ0v) is 14.8. The van der Waals surface area contributed by atoms with Crippen LogP contribution in [0.1, 0.15) is 23.9 Å². The number of nitrogens with zero attached hydrogens (tertiary/aromatic N) is 4. The molecule has 0 amide bonds. The predicted molar refractivity (Wildman–Crippen MR) is 97.9 cm³/mol. The molecule has 8 nitrogen and oxygen atoms in total. The Morgan fingerprint density at radius 2 is 2.15 bits per heavy atom. The first kappa shape index (κ1) is 18.1. The van der Waals surface area contributed by atoms with Crippen LogP contribution in [0.2, 0.25) is 0 Å². The highest BCUT2D eigenvalue weighted by Gasteiger charge is 2.48. The number of aryl methyl sites for hydroxylation is 1. The summed E-state index contributed by atoms with van der Waals surface area (Å²) in [6, 6.07) is 8.17. The Morgan fingerprint density at radius 3 is 2.78 bits per heavy atom. The van der Waals surface area contributed by atoms with E-state index in [2.05, 4.69) is 9.97 Å². The summed E-state index contributed by atoms with van der Waals surface area (Å²) < 4.78 is 6.49. The van der Waals surface area contributed by atoms with Gasteiger partial charge in [0.15, 0.2) is 0 Å². The number of carbonyl (C=O) groups excluding carboxylic acids is 1. The number of carbonyl (C=O) groups is 1. The van der Waals surface area contributed by atoms with E-state index in [0.717, 1.165) is 0 Å². The first-order valence-electron chi connectivity index (χ1n) is 8.23. The fourth-order valence-electron chi connectivity index (χ4n) is 2.92. The van der Waals surface area contributed by atoms with Crippen LogP contribution in [0.25, 0.3) is 5.52 Å². The average Bonchev–Trinajstić information content (AvgIpc) is 2.68. The lowest BCUT2D eigenvalue weighted by molar-refractivity contribution is -0.146. The van der Waals surface area contributed by atoms with Gasteiger partial charge in [-0.15, -0.1) is 0 Å². The molecular formula is C19H17N5O3. The van der Waals surface area contributed by atoms with E-state index in [4.69, 9.17) is 10.5 Å². The lowest BCUT2D eigenvalue weighted by Crippen LogP contribution is -2.40. The van der Waals surface area contributed by atoms with E-state index < -0.39 is 16.9 Å². The molecule has 1 unspecified atom stereocenters. The minimum atomic E-state index is -2.01. The second kappa shape index (κ2) is 6.88. The van der Waals surface area contributed by atoms with E-state index in [1.165, 1.54) is 22.9 Å². The maximum atomic E-state index is 12.9. The molecule has 0 fully saturated rings. The smallest absolute Gasteiger partial charge is 0.337 e. The number of pyridine rings is 2. The number of nitrogen functional groups attached to an aromatic ring is 1. The van der Waals surface area contributed by atoms with Crippen molar-refractivity contribution in [1.29, 1.82) is 5.26 Å². The molecule has 27 heavy (non-hydrogen) atoms. The lowest BCUT2D eigenvalue weighted by atomic mass is 9.78. The fourth-order valence-corrected chi connectivity index (χ4v) is 2.92. The third kappa shape index (κ3) is 2.79. The Hall–Kier alpha value is -3.73. The van der Waals surface area contributed by atoms with Gasteiger partial charge in [0.25, 0.3) is 5.56 Å². The molecular weight excluding hydrogens is 346 g/mol. The second-order valence-electron chi connectivity index (χ2n) is 5.89. The third-order valence-electron chi connectivity index (χ3n) is 4.25. The number of aromatic nitrogens is 3. The highest BCUT2D eigenvalue weighted by atomic mass is 16.5. The lowest BCUT2D eigenvalue weighted by Gasteiger charge is -2.25. The van der Waals surface area contributed by atoms with Crippen LogP contribution in [-0.2, 0) is 14.9 Å². The van der Waals surface area contributed by atoms with Crippen LogP contribution in [-0.4, -0.2) is 26.9 Å².